The van der Waals surface area contributed by atoms with Gasteiger partial charge >= 0.3 is 6.18 Å². The van der Waals surface area contributed by atoms with E-state index in [-0.39, 0.29) is 28.0 Å². The van der Waals surface area contributed by atoms with E-state index in [1.807, 2.05) is 7.05 Å². The number of benzene rings is 2. The number of carbonyl (C=O) groups is 1. The molecule has 1 aliphatic rings. The number of aromatic nitrogens is 2. The van der Waals surface area contributed by atoms with Crippen molar-refractivity contribution in [3.8, 4) is 17.6 Å². The van der Waals surface area contributed by atoms with Gasteiger partial charge in [-0.05, 0) is 69.2 Å². The number of halogens is 3. The van der Waals surface area contributed by atoms with Crippen LogP contribution in [0.15, 0.2) is 41.6 Å². The standard InChI is InChI=1S/C28H32F3N5O4S/c1-35-11-8-19(9-12-35)16-33-27(37)22-13-20(14-24-26(22)34-18-36(24)17-28(29,30)31)5-4-10-32-23-15-21(41(3,38)39)6-7-25(23)40-2/h6-7,13-15,18-19,32H,8-12,16-17H2,1-3H3,(H,33,37). The Kier molecular flexibility index (Phi) is 9.14. The maximum Gasteiger partial charge on any atom is 0.406 e. The SMILES string of the molecule is COc1ccc(S(C)(=O)=O)cc1NCC#Cc1cc(C(=O)NCC2CCN(C)CC2)c2ncn(CC(F)(F)F)c2c1. The fraction of sp³-hybridized carbons (Fsp3) is 0.429. The largest absolute Gasteiger partial charge is 0.495 e. The van der Waals surface area contributed by atoms with Gasteiger partial charge in [0.2, 0.25) is 0 Å². The van der Waals surface area contributed by atoms with Crippen molar-refractivity contribution in [3.63, 3.8) is 0 Å². The van der Waals surface area contributed by atoms with Crippen LogP contribution >= 0.6 is 0 Å². The van der Waals surface area contributed by atoms with Crippen molar-refractivity contribution in [2.24, 2.45) is 5.92 Å². The second-order valence-electron chi connectivity index (χ2n) is 10.1. The maximum absolute atomic E-state index is 13.2. The highest BCUT2D eigenvalue weighted by molar-refractivity contribution is 7.90. The lowest BCUT2D eigenvalue weighted by molar-refractivity contribution is -0.139. The molecule has 2 N–H and O–H groups in total. The van der Waals surface area contributed by atoms with Crippen molar-refractivity contribution in [3.05, 3.63) is 47.8 Å². The van der Waals surface area contributed by atoms with E-state index >= 15 is 0 Å². The van der Waals surface area contributed by atoms with Crippen LogP contribution < -0.4 is 15.4 Å². The summed E-state index contributed by atoms with van der Waals surface area (Å²) in [5.41, 5.74) is 1.22. The van der Waals surface area contributed by atoms with Gasteiger partial charge in [0.05, 0.1) is 41.6 Å². The zero-order valence-corrected chi connectivity index (χ0v) is 23.8. The molecular formula is C28H32F3N5O4S. The van der Waals surface area contributed by atoms with Crippen molar-refractivity contribution in [1.29, 1.82) is 0 Å². The van der Waals surface area contributed by atoms with E-state index in [1.54, 1.807) is 0 Å². The number of sulfone groups is 1. The molecule has 13 heteroatoms. The lowest BCUT2D eigenvalue weighted by Gasteiger charge is -2.28. The van der Waals surface area contributed by atoms with E-state index in [1.165, 1.54) is 37.4 Å². The number of ether oxygens (including phenoxy) is 1. The number of fused-ring (bicyclic) bond motifs is 1. The molecule has 0 radical (unpaired) electrons. The van der Waals surface area contributed by atoms with E-state index in [0.717, 1.165) is 43.1 Å². The highest BCUT2D eigenvalue weighted by atomic mass is 32.2. The summed E-state index contributed by atoms with van der Waals surface area (Å²) in [5, 5.41) is 5.93. The summed E-state index contributed by atoms with van der Waals surface area (Å²) < 4.78 is 69.7. The number of alkyl halides is 3. The number of anilines is 1. The van der Waals surface area contributed by atoms with Crippen LogP contribution in [-0.4, -0.2) is 81.5 Å². The molecule has 1 aromatic heterocycles. The first-order chi connectivity index (χ1) is 19.3. The topological polar surface area (TPSA) is 106 Å². The average Bonchev–Trinajstić information content (AvgIpc) is 3.30. The van der Waals surface area contributed by atoms with Crippen LogP contribution in [0.5, 0.6) is 5.75 Å². The normalized spacial score (nSPS) is 14.9. The van der Waals surface area contributed by atoms with E-state index < -0.39 is 28.5 Å². The first-order valence-electron chi connectivity index (χ1n) is 13.0. The van der Waals surface area contributed by atoms with E-state index in [4.69, 9.17) is 4.74 Å². The van der Waals surface area contributed by atoms with Gasteiger partial charge in [0.1, 0.15) is 17.8 Å². The Labute approximate surface area is 237 Å². The first-order valence-corrected chi connectivity index (χ1v) is 14.9. The summed E-state index contributed by atoms with van der Waals surface area (Å²) in [5.74, 6) is 6.10. The van der Waals surface area contributed by atoms with E-state index in [9.17, 15) is 26.4 Å². The Morgan fingerprint density at radius 2 is 1.93 bits per heavy atom. The Morgan fingerprint density at radius 3 is 2.59 bits per heavy atom. The number of amides is 1. The predicted molar refractivity (Wildman–Crippen MR) is 150 cm³/mol. The van der Waals surface area contributed by atoms with Gasteiger partial charge in [0.25, 0.3) is 5.91 Å². The van der Waals surface area contributed by atoms with Crippen molar-refractivity contribution in [2.45, 2.75) is 30.5 Å². The summed E-state index contributed by atoms with van der Waals surface area (Å²) in [6, 6.07) is 7.39. The second kappa shape index (κ2) is 12.4. The molecule has 0 bridgehead atoms. The fourth-order valence-electron chi connectivity index (χ4n) is 4.67. The monoisotopic (exact) mass is 591 g/mol. The molecule has 3 aromatic rings. The molecule has 2 aromatic carbocycles. The van der Waals surface area contributed by atoms with Crippen LogP contribution in [0.3, 0.4) is 0 Å². The third kappa shape index (κ3) is 7.92. The molecule has 2 heterocycles. The molecular weight excluding hydrogens is 559 g/mol. The van der Waals surface area contributed by atoms with E-state index in [0.29, 0.717) is 29.5 Å². The molecule has 0 spiro atoms. The molecule has 0 aliphatic carbocycles. The lowest BCUT2D eigenvalue weighted by Crippen LogP contribution is -2.37. The van der Waals surface area contributed by atoms with Crippen LogP contribution in [0.1, 0.15) is 28.8 Å². The summed E-state index contributed by atoms with van der Waals surface area (Å²) in [4.78, 5) is 19.7. The Morgan fingerprint density at radius 1 is 1.20 bits per heavy atom. The van der Waals surface area contributed by atoms with Gasteiger partial charge in [-0.2, -0.15) is 13.2 Å². The molecule has 41 heavy (non-hydrogen) atoms. The second-order valence-corrected chi connectivity index (χ2v) is 12.1. The van der Waals surface area contributed by atoms with Gasteiger partial charge in [-0.15, -0.1) is 0 Å². The number of rotatable bonds is 8. The minimum atomic E-state index is -4.48. The number of piperidine rings is 1. The highest BCUT2D eigenvalue weighted by Gasteiger charge is 2.29. The smallest absolute Gasteiger partial charge is 0.406 e. The molecule has 0 saturated carbocycles. The van der Waals surface area contributed by atoms with Crippen molar-refractivity contribution >= 4 is 32.5 Å². The number of nitrogens with zero attached hydrogens (tertiary/aromatic N) is 3. The van der Waals surface area contributed by atoms with Crippen LogP contribution in [-0.2, 0) is 16.4 Å². The van der Waals surface area contributed by atoms with Gasteiger partial charge in [0.15, 0.2) is 9.84 Å². The Balaban J connectivity index is 1.58. The highest BCUT2D eigenvalue weighted by Crippen LogP contribution is 2.28. The number of methoxy groups -OCH3 is 1. The molecule has 1 aliphatic heterocycles. The van der Waals surface area contributed by atoms with Crippen LogP contribution in [0, 0.1) is 17.8 Å². The molecule has 4 rings (SSSR count). The van der Waals surface area contributed by atoms with Crippen molar-refractivity contribution in [1.82, 2.24) is 19.8 Å². The fourth-order valence-corrected chi connectivity index (χ4v) is 5.31. The molecule has 1 saturated heterocycles. The number of nitrogens with one attached hydrogen (secondary N) is 2. The van der Waals surface area contributed by atoms with Crippen LogP contribution in [0.25, 0.3) is 11.0 Å². The zero-order chi connectivity index (χ0) is 29.8. The van der Waals surface area contributed by atoms with Gasteiger partial charge in [-0.3, -0.25) is 4.79 Å². The average molecular weight is 592 g/mol. The number of likely N-dealkylation sites (tertiary alicyclic amines) is 1. The number of carbonyl (C=O) groups excluding carboxylic acids is 1. The molecule has 1 amide bonds. The van der Waals surface area contributed by atoms with Crippen LogP contribution in [0.2, 0.25) is 0 Å². The zero-order valence-electron chi connectivity index (χ0n) is 23.0. The maximum atomic E-state index is 13.2. The minimum absolute atomic E-state index is 0.0705. The quantitative estimate of drug-likeness (QED) is 0.386. The van der Waals surface area contributed by atoms with Crippen molar-refractivity contribution < 1.29 is 31.1 Å². The third-order valence-electron chi connectivity index (χ3n) is 6.91. The van der Waals surface area contributed by atoms with Gasteiger partial charge in [0, 0.05) is 18.4 Å². The number of imidazole rings is 1. The van der Waals surface area contributed by atoms with Gasteiger partial charge in [-0.1, -0.05) is 11.8 Å². The molecule has 1 fully saturated rings. The minimum Gasteiger partial charge on any atom is -0.495 e. The van der Waals surface area contributed by atoms with Crippen molar-refractivity contribution in [2.75, 3.05) is 51.9 Å². The summed E-state index contributed by atoms with van der Waals surface area (Å²) >= 11 is 0. The summed E-state index contributed by atoms with van der Waals surface area (Å²) in [7, 11) is 0.0552. The predicted octanol–water partition coefficient (Wildman–Crippen LogP) is 3.55. The van der Waals surface area contributed by atoms with Gasteiger partial charge in [-0.25, -0.2) is 13.4 Å². The van der Waals surface area contributed by atoms with Gasteiger partial charge < -0.3 is 24.8 Å². The third-order valence-corrected chi connectivity index (χ3v) is 8.02. The Bertz CT molecular complexity index is 1580. The Hall–Kier alpha value is -3.76. The lowest BCUT2D eigenvalue weighted by atomic mass is 9.97. The summed E-state index contributed by atoms with van der Waals surface area (Å²) in [6.07, 6.45) is -0.411. The number of hydrogen-bond acceptors (Lipinski definition) is 7. The molecule has 220 valence electrons. The molecule has 9 nitrogen and oxygen atoms in total. The van der Waals surface area contributed by atoms with Crippen LogP contribution in [0.4, 0.5) is 18.9 Å². The first kappa shape index (κ1) is 30.2. The summed E-state index contributed by atoms with van der Waals surface area (Å²) in [6.45, 7) is 1.16. The number of hydrogen-bond donors (Lipinski definition) is 2. The molecule has 0 unspecified atom stereocenters. The molecule has 0 atom stereocenters. The van der Waals surface area contributed by atoms with E-state index in [2.05, 4.69) is 32.4 Å².